The van der Waals surface area contributed by atoms with Gasteiger partial charge in [-0.2, -0.15) is 5.10 Å². The van der Waals surface area contributed by atoms with E-state index in [0.717, 1.165) is 26.7 Å². The Morgan fingerprint density at radius 1 is 1.25 bits per heavy atom. The maximum absolute atomic E-state index is 12.1. The number of hydrazone groups is 1. The molecule has 24 heavy (non-hydrogen) atoms. The molecule has 0 saturated carbocycles. The summed E-state index contributed by atoms with van der Waals surface area (Å²) in [7, 11) is 0. The number of hydrogen-bond donors (Lipinski definition) is 1. The van der Waals surface area contributed by atoms with E-state index in [0.29, 0.717) is 17.9 Å². The van der Waals surface area contributed by atoms with E-state index in [-0.39, 0.29) is 12.7 Å². The van der Waals surface area contributed by atoms with E-state index in [9.17, 15) is 4.79 Å². The number of amides is 1. The van der Waals surface area contributed by atoms with Crippen LogP contribution in [0.4, 0.5) is 0 Å². The molecule has 0 atom stereocenters. The molecule has 0 unspecified atom stereocenters. The van der Waals surface area contributed by atoms with Crippen molar-refractivity contribution in [3.8, 4) is 11.5 Å². The number of carbonyl (C=O) groups is 1. The highest BCUT2D eigenvalue weighted by molar-refractivity contribution is 9.10. The first-order chi connectivity index (χ1) is 11.5. The number of nitrogens with one attached hydrogen (secondary N) is 1. The van der Waals surface area contributed by atoms with Crippen molar-refractivity contribution in [1.29, 1.82) is 0 Å². The van der Waals surface area contributed by atoms with Gasteiger partial charge in [-0.05, 0) is 53.0 Å². The highest BCUT2D eigenvalue weighted by Gasteiger charge is 2.15. The van der Waals surface area contributed by atoms with Crippen molar-refractivity contribution >= 4 is 28.1 Å². The highest BCUT2D eigenvalue weighted by Crippen LogP contribution is 2.36. The van der Waals surface area contributed by atoms with Crippen LogP contribution in [0.3, 0.4) is 0 Å². The van der Waals surface area contributed by atoms with Gasteiger partial charge in [0.2, 0.25) is 12.7 Å². The maximum atomic E-state index is 12.1. The average Bonchev–Trinajstić information content (AvgIpc) is 2.98. The van der Waals surface area contributed by atoms with Gasteiger partial charge in [0.05, 0.1) is 12.6 Å². The summed E-state index contributed by atoms with van der Waals surface area (Å²) in [6.07, 6.45) is 1.88. The Bertz CT molecular complexity index is 818. The first-order valence-corrected chi connectivity index (χ1v) is 8.29. The molecule has 3 rings (SSSR count). The molecule has 0 aliphatic carbocycles. The minimum absolute atomic E-state index is 0.156. The summed E-state index contributed by atoms with van der Waals surface area (Å²) in [4.78, 5) is 12.1. The normalized spacial score (nSPS) is 12.6. The summed E-state index contributed by atoms with van der Waals surface area (Å²) in [5, 5.41) is 4.03. The van der Waals surface area contributed by atoms with E-state index in [2.05, 4.69) is 26.5 Å². The van der Waals surface area contributed by atoms with Gasteiger partial charge in [-0.3, -0.25) is 4.79 Å². The van der Waals surface area contributed by atoms with Gasteiger partial charge >= 0.3 is 0 Å². The van der Waals surface area contributed by atoms with Crippen LogP contribution in [0.1, 0.15) is 22.3 Å². The molecule has 1 aliphatic heterocycles. The molecule has 0 spiro atoms. The molecule has 2 aromatic carbocycles. The second-order valence-corrected chi connectivity index (χ2v) is 6.48. The summed E-state index contributed by atoms with van der Waals surface area (Å²) in [5.74, 6) is 1.20. The molecule has 1 amide bonds. The van der Waals surface area contributed by atoms with E-state index in [1.165, 1.54) is 0 Å². The van der Waals surface area contributed by atoms with Crippen LogP contribution in [0.15, 0.2) is 39.9 Å². The number of aryl methyl sites for hydroxylation is 2. The summed E-state index contributed by atoms with van der Waals surface area (Å²) < 4.78 is 11.4. The summed E-state index contributed by atoms with van der Waals surface area (Å²) in [6.45, 7) is 4.22. The first-order valence-electron chi connectivity index (χ1n) is 7.50. The van der Waals surface area contributed by atoms with Crippen molar-refractivity contribution in [1.82, 2.24) is 5.43 Å². The number of nitrogens with zero attached hydrogens (tertiary/aromatic N) is 1. The quantitative estimate of drug-likeness (QED) is 0.644. The Labute approximate surface area is 148 Å². The lowest BCUT2D eigenvalue weighted by atomic mass is 10.0. The third-order valence-corrected chi connectivity index (χ3v) is 4.43. The van der Waals surface area contributed by atoms with Gasteiger partial charge < -0.3 is 9.47 Å². The minimum Gasteiger partial charge on any atom is -0.454 e. The predicted molar refractivity (Wildman–Crippen MR) is 95.6 cm³/mol. The number of benzene rings is 2. The Hall–Kier alpha value is -2.34. The van der Waals surface area contributed by atoms with Crippen LogP contribution in [-0.4, -0.2) is 18.9 Å². The van der Waals surface area contributed by atoms with Crippen LogP contribution in [0.25, 0.3) is 0 Å². The van der Waals surface area contributed by atoms with Crippen LogP contribution in [0.2, 0.25) is 0 Å². The zero-order valence-electron chi connectivity index (χ0n) is 13.4. The van der Waals surface area contributed by atoms with Crippen LogP contribution >= 0.6 is 15.9 Å². The van der Waals surface area contributed by atoms with Crippen molar-refractivity contribution in [3.05, 3.63) is 57.1 Å². The topological polar surface area (TPSA) is 59.9 Å². The summed E-state index contributed by atoms with van der Waals surface area (Å²) in [5.41, 5.74) is 6.59. The van der Waals surface area contributed by atoms with E-state index in [1.807, 2.05) is 44.2 Å². The van der Waals surface area contributed by atoms with E-state index in [1.54, 1.807) is 6.21 Å². The highest BCUT2D eigenvalue weighted by atomic mass is 79.9. The number of carbonyl (C=O) groups excluding carboxylic acids is 1. The second kappa shape index (κ2) is 7.05. The number of rotatable bonds is 4. The second-order valence-electron chi connectivity index (χ2n) is 5.63. The molecule has 1 heterocycles. The van der Waals surface area contributed by atoms with E-state index < -0.39 is 0 Å². The predicted octanol–water partition coefficient (Wildman–Crippen LogP) is 3.49. The molecule has 0 bridgehead atoms. The van der Waals surface area contributed by atoms with E-state index in [4.69, 9.17) is 9.47 Å². The van der Waals surface area contributed by atoms with Crippen molar-refractivity contribution in [2.24, 2.45) is 5.10 Å². The fourth-order valence-electron chi connectivity index (χ4n) is 2.41. The molecule has 5 nitrogen and oxygen atoms in total. The van der Waals surface area contributed by atoms with Crippen LogP contribution in [-0.2, 0) is 11.2 Å². The number of halogens is 1. The molecule has 0 saturated heterocycles. The van der Waals surface area contributed by atoms with Gasteiger partial charge in [-0.25, -0.2) is 5.43 Å². The molecule has 124 valence electrons. The van der Waals surface area contributed by atoms with Gasteiger partial charge in [0.25, 0.3) is 0 Å². The summed E-state index contributed by atoms with van der Waals surface area (Å²) >= 11 is 3.45. The third kappa shape index (κ3) is 3.76. The SMILES string of the molecule is Cc1ccc(C)c(CC(=O)N/N=C\c2cc3c(cc2Br)OCO3)c1. The lowest BCUT2D eigenvalue weighted by Crippen LogP contribution is -2.20. The fraction of sp³-hybridized carbons (Fsp3) is 0.222. The van der Waals surface area contributed by atoms with Crippen LogP contribution in [0.5, 0.6) is 11.5 Å². The van der Waals surface area contributed by atoms with Gasteiger partial charge in [0.15, 0.2) is 11.5 Å². The number of fused-ring (bicyclic) bond motifs is 1. The van der Waals surface area contributed by atoms with Gasteiger partial charge in [0, 0.05) is 10.0 Å². The number of ether oxygens (including phenoxy) is 2. The monoisotopic (exact) mass is 388 g/mol. The minimum atomic E-state index is -0.156. The fourth-order valence-corrected chi connectivity index (χ4v) is 2.83. The van der Waals surface area contributed by atoms with Crippen molar-refractivity contribution in [3.63, 3.8) is 0 Å². The molecule has 2 aromatic rings. The lowest BCUT2D eigenvalue weighted by molar-refractivity contribution is -0.120. The van der Waals surface area contributed by atoms with Crippen molar-refractivity contribution < 1.29 is 14.3 Å². The molecular weight excluding hydrogens is 372 g/mol. The smallest absolute Gasteiger partial charge is 0.244 e. The summed E-state index contributed by atoms with van der Waals surface area (Å²) in [6, 6.07) is 9.71. The zero-order valence-corrected chi connectivity index (χ0v) is 15.0. The Morgan fingerprint density at radius 2 is 2.00 bits per heavy atom. The Morgan fingerprint density at radius 3 is 2.79 bits per heavy atom. The molecular formula is C18H17BrN2O3. The Balaban J connectivity index is 1.64. The molecule has 0 fully saturated rings. The lowest BCUT2D eigenvalue weighted by Gasteiger charge is -2.06. The Kier molecular flexibility index (Phi) is 4.85. The molecule has 0 radical (unpaired) electrons. The molecule has 6 heteroatoms. The molecule has 1 aliphatic rings. The average molecular weight is 389 g/mol. The molecule has 0 aromatic heterocycles. The third-order valence-electron chi connectivity index (χ3n) is 3.74. The molecule has 1 N–H and O–H groups in total. The zero-order chi connectivity index (χ0) is 17.1. The first kappa shape index (κ1) is 16.5. The number of hydrogen-bond acceptors (Lipinski definition) is 4. The van der Waals surface area contributed by atoms with Gasteiger partial charge in [-0.1, -0.05) is 23.8 Å². The maximum Gasteiger partial charge on any atom is 0.244 e. The van der Waals surface area contributed by atoms with Crippen molar-refractivity contribution in [2.45, 2.75) is 20.3 Å². The standard InChI is InChI=1S/C18H17BrN2O3/c1-11-3-4-12(2)13(5-11)7-18(22)21-20-9-14-6-16-17(8-15(14)19)24-10-23-16/h3-6,8-9H,7,10H2,1-2H3,(H,21,22)/b20-9-. The van der Waals surface area contributed by atoms with Gasteiger partial charge in [-0.15, -0.1) is 0 Å². The van der Waals surface area contributed by atoms with Gasteiger partial charge in [0.1, 0.15) is 0 Å². The van der Waals surface area contributed by atoms with Crippen molar-refractivity contribution in [2.75, 3.05) is 6.79 Å². The van der Waals surface area contributed by atoms with Crippen LogP contribution in [0, 0.1) is 13.8 Å². The van der Waals surface area contributed by atoms with E-state index >= 15 is 0 Å². The largest absolute Gasteiger partial charge is 0.454 e. The van der Waals surface area contributed by atoms with Crippen LogP contribution < -0.4 is 14.9 Å².